The van der Waals surface area contributed by atoms with Crippen LogP contribution in [-0.4, -0.2) is 24.6 Å². The average molecular weight is 281 g/mol. The van der Waals surface area contributed by atoms with Crippen LogP contribution < -0.4 is 5.32 Å². The third-order valence-electron chi connectivity index (χ3n) is 2.42. The second-order valence-electron chi connectivity index (χ2n) is 3.99. The van der Waals surface area contributed by atoms with Gasteiger partial charge in [-0.2, -0.15) is 0 Å². The van der Waals surface area contributed by atoms with E-state index in [-0.39, 0.29) is 4.90 Å². The second-order valence-corrected chi connectivity index (χ2v) is 6.01. The van der Waals surface area contributed by atoms with Crippen molar-refractivity contribution < 1.29 is 12.8 Å². The summed E-state index contributed by atoms with van der Waals surface area (Å²) in [5.41, 5.74) is 0.875. The summed E-state index contributed by atoms with van der Waals surface area (Å²) >= 11 is 0. The summed E-state index contributed by atoms with van der Waals surface area (Å²) in [6, 6.07) is 6.48. The molecule has 1 aromatic heterocycles. The summed E-state index contributed by atoms with van der Waals surface area (Å²) in [7, 11) is -3.18. The number of sulfone groups is 1. The van der Waals surface area contributed by atoms with Crippen molar-refractivity contribution in [2.24, 2.45) is 0 Å². The van der Waals surface area contributed by atoms with Crippen LogP contribution in [0.3, 0.4) is 0 Å². The summed E-state index contributed by atoms with van der Waals surface area (Å²) in [5.74, 6) is -0.184. The van der Waals surface area contributed by atoms with E-state index in [4.69, 9.17) is 0 Å². The third-order valence-corrected chi connectivity index (χ3v) is 3.55. The van der Waals surface area contributed by atoms with Gasteiger partial charge in [0.05, 0.1) is 17.3 Å². The number of benzene rings is 1. The van der Waals surface area contributed by atoms with E-state index in [0.717, 1.165) is 24.2 Å². The van der Waals surface area contributed by atoms with Crippen LogP contribution in [0.2, 0.25) is 0 Å². The molecule has 0 fully saturated rings. The number of hydrogen-bond donors (Lipinski definition) is 1. The summed E-state index contributed by atoms with van der Waals surface area (Å²) in [6.45, 7) is 0.426. The Morgan fingerprint density at radius 2 is 1.74 bits per heavy atom. The van der Waals surface area contributed by atoms with Gasteiger partial charge in [-0.3, -0.25) is 0 Å². The fourth-order valence-electron chi connectivity index (χ4n) is 1.44. The minimum atomic E-state index is -3.18. The van der Waals surface area contributed by atoms with Crippen LogP contribution in [-0.2, 0) is 16.4 Å². The number of nitrogens with one attached hydrogen (secondary N) is 1. The number of aromatic nitrogens is 2. The Bertz CT molecular complexity index is 654. The Morgan fingerprint density at radius 3 is 2.26 bits per heavy atom. The Balaban J connectivity index is 2.02. The summed E-state index contributed by atoms with van der Waals surface area (Å²) in [5, 5.41) is 2.91. The van der Waals surface area contributed by atoms with Gasteiger partial charge < -0.3 is 5.32 Å². The topological polar surface area (TPSA) is 72.0 Å². The van der Waals surface area contributed by atoms with Gasteiger partial charge in [-0.15, -0.1) is 0 Å². The molecule has 0 aliphatic carbocycles. The van der Waals surface area contributed by atoms with Crippen molar-refractivity contribution in [3.8, 4) is 0 Å². The van der Waals surface area contributed by atoms with Gasteiger partial charge >= 0.3 is 0 Å². The summed E-state index contributed by atoms with van der Waals surface area (Å²) < 4.78 is 35.2. The monoisotopic (exact) mass is 281 g/mol. The van der Waals surface area contributed by atoms with Gasteiger partial charge in [-0.1, -0.05) is 12.1 Å². The molecule has 100 valence electrons. The third kappa shape index (κ3) is 3.72. The van der Waals surface area contributed by atoms with Gasteiger partial charge in [0.25, 0.3) is 0 Å². The van der Waals surface area contributed by atoms with Gasteiger partial charge in [0.15, 0.2) is 15.7 Å². The molecule has 0 saturated heterocycles. The van der Waals surface area contributed by atoms with Crippen molar-refractivity contribution in [2.45, 2.75) is 11.4 Å². The lowest BCUT2D eigenvalue weighted by atomic mass is 10.2. The van der Waals surface area contributed by atoms with Crippen molar-refractivity contribution in [3.05, 3.63) is 48.0 Å². The highest BCUT2D eigenvalue weighted by Gasteiger charge is 2.06. The largest absolute Gasteiger partial charge is 0.350 e. The number of rotatable bonds is 4. The molecule has 1 heterocycles. The normalized spacial score (nSPS) is 11.3. The molecule has 2 aromatic rings. The standard InChI is InChI=1S/C12H12FN3O2S/c1-19(17,18)11-4-2-9(3-5-11)6-14-12-15-7-10(13)8-16-12/h2-5,7-8H,6H2,1H3,(H,14,15,16). The first kappa shape index (κ1) is 13.4. The predicted octanol–water partition coefficient (Wildman–Crippen LogP) is 1.63. The van der Waals surface area contributed by atoms with Crippen LogP contribution in [0.15, 0.2) is 41.6 Å². The number of anilines is 1. The lowest BCUT2D eigenvalue weighted by Crippen LogP contribution is -2.04. The van der Waals surface area contributed by atoms with E-state index >= 15 is 0 Å². The molecule has 0 radical (unpaired) electrons. The highest BCUT2D eigenvalue weighted by Crippen LogP contribution is 2.11. The van der Waals surface area contributed by atoms with Crippen molar-refractivity contribution >= 4 is 15.8 Å². The molecule has 2 rings (SSSR count). The molecule has 1 N–H and O–H groups in total. The highest BCUT2D eigenvalue weighted by molar-refractivity contribution is 7.90. The first-order chi connectivity index (χ1) is 8.95. The van der Waals surface area contributed by atoms with E-state index in [1.54, 1.807) is 12.1 Å². The Labute approximate surface area is 110 Å². The fourth-order valence-corrected chi connectivity index (χ4v) is 2.07. The molecule has 0 atom stereocenters. The van der Waals surface area contributed by atoms with Crippen LogP contribution >= 0.6 is 0 Å². The zero-order valence-corrected chi connectivity index (χ0v) is 11.0. The van der Waals surface area contributed by atoms with E-state index in [1.807, 2.05) is 0 Å². The molecular formula is C12H12FN3O2S. The molecule has 0 unspecified atom stereocenters. The average Bonchev–Trinajstić information content (AvgIpc) is 2.37. The van der Waals surface area contributed by atoms with Crippen molar-refractivity contribution in [3.63, 3.8) is 0 Å². The molecule has 7 heteroatoms. The predicted molar refractivity (Wildman–Crippen MR) is 68.9 cm³/mol. The SMILES string of the molecule is CS(=O)(=O)c1ccc(CNc2ncc(F)cn2)cc1. The summed E-state index contributed by atoms with van der Waals surface area (Å²) in [4.78, 5) is 7.79. The molecule has 5 nitrogen and oxygen atoms in total. The Kier molecular flexibility index (Phi) is 3.75. The molecule has 0 spiro atoms. The molecule has 0 aliphatic rings. The second kappa shape index (κ2) is 5.31. The van der Waals surface area contributed by atoms with Crippen LogP contribution in [0, 0.1) is 5.82 Å². The lowest BCUT2D eigenvalue weighted by Gasteiger charge is -2.05. The number of halogens is 1. The van der Waals surface area contributed by atoms with Crippen molar-refractivity contribution in [1.29, 1.82) is 0 Å². The van der Waals surface area contributed by atoms with Crippen LogP contribution in [0.5, 0.6) is 0 Å². The van der Waals surface area contributed by atoms with Crippen LogP contribution in [0.4, 0.5) is 10.3 Å². The maximum Gasteiger partial charge on any atom is 0.223 e. The molecular weight excluding hydrogens is 269 g/mol. The quantitative estimate of drug-likeness (QED) is 0.922. The van der Waals surface area contributed by atoms with E-state index in [9.17, 15) is 12.8 Å². The van der Waals surface area contributed by atoms with Crippen LogP contribution in [0.25, 0.3) is 0 Å². The molecule has 0 bridgehead atoms. The molecule has 19 heavy (non-hydrogen) atoms. The van der Waals surface area contributed by atoms with Gasteiger partial charge in [0.1, 0.15) is 0 Å². The van der Waals surface area contributed by atoms with Gasteiger partial charge in [-0.25, -0.2) is 22.8 Å². The molecule has 0 aliphatic heterocycles. The number of hydrogen-bond acceptors (Lipinski definition) is 5. The Morgan fingerprint density at radius 1 is 1.16 bits per heavy atom. The zero-order valence-electron chi connectivity index (χ0n) is 10.2. The van der Waals surface area contributed by atoms with Gasteiger partial charge in [0, 0.05) is 12.8 Å². The lowest BCUT2D eigenvalue weighted by molar-refractivity contribution is 0.602. The first-order valence-electron chi connectivity index (χ1n) is 5.45. The first-order valence-corrected chi connectivity index (χ1v) is 7.35. The fraction of sp³-hybridized carbons (Fsp3) is 0.167. The van der Waals surface area contributed by atoms with Crippen molar-refractivity contribution in [2.75, 3.05) is 11.6 Å². The maximum atomic E-state index is 12.6. The van der Waals surface area contributed by atoms with Crippen molar-refractivity contribution in [1.82, 2.24) is 9.97 Å². The van der Waals surface area contributed by atoms with Gasteiger partial charge in [-0.05, 0) is 17.7 Å². The molecule has 0 amide bonds. The number of nitrogens with zero attached hydrogens (tertiary/aromatic N) is 2. The minimum Gasteiger partial charge on any atom is -0.350 e. The molecule has 1 aromatic carbocycles. The summed E-state index contributed by atoms with van der Waals surface area (Å²) in [6.07, 6.45) is 3.30. The van der Waals surface area contributed by atoms with E-state index < -0.39 is 15.7 Å². The Hall–Kier alpha value is -2.02. The van der Waals surface area contributed by atoms with Crippen LogP contribution in [0.1, 0.15) is 5.56 Å². The maximum absolute atomic E-state index is 12.6. The molecule has 0 saturated carbocycles. The van der Waals surface area contributed by atoms with E-state index in [2.05, 4.69) is 15.3 Å². The minimum absolute atomic E-state index is 0.272. The zero-order chi connectivity index (χ0) is 13.9. The highest BCUT2D eigenvalue weighted by atomic mass is 32.2. The van der Waals surface area contributed by atoms with E-state index in [0.29, 0.717) is 12.5 Å². The van der Waals surface area contributed by atoms with E-state index in [1.165, 1.54) is 12.1 Å². The van der Waals surface area contributed by atoms with Gasteiger partial charge in [0.2, 0.25) is 5.95 Å². The smallest absolute Gasteiger partial charge is 0.223 e.